The summed E-state index contributed by atoms with van der Waals surface area (Å²) in [5.41, 5.74) is -0.505. The van der Waals surface area contributed by atoms with E-state index >= 15 is 0 Å². The van der Waals surface area contributed by atoms with Crippen molar-refractivity contribution >= 4 is 0 Å². The number of methoxy groups -OCH3 is 1. The molecule has 0 N–H and O–H groups in total. The lowest BCUT2D eigenvalue weighted by molar-refractivity contribution is 0.0606. The van der Waals surface area contributed by atoms with Gasteiger partial charge in [0.05, 0.1) is 19.6 Å². The zero-order chi connectivity index (χ0) is 13.3. The maximum atomic E-state index is 14.2. The largest absolute Gasteiger partial charge is 0.497 e. The Labute approximate surface area is 107 Å². The fraction of sp³-hybridized carbons (Fsp3) is 0.467. The molecule has 0 aliphatic carbocycles. The Morgan fingerprint density at radius 2 is 2.22 bits per heavy atom. The van der Waals surface area contributed by atoms with Gasteiger partial charge < -0.3 is 9.47 Å². The van der Waals surface area contributed by atoms with E-state index in [0.717, 1.165) is 5.56 Å². The number of fused-ring (bicyclic) bond motifs is 1. The van der Waals surface area contributed by atoms with Crippen molar-refractivity contribution in [1.29, 1.82) is 0 Å². The maximum absolute atomic E-state index is 14.2. The molecule has 1 aliphatic heterocycles. The minimum absolute atomic E-state index is 0.264. The lowest BCUT2D eigenvalue weighted by atomic mass is 9.77. The van der Waals surface area contributed by atoms with E-state index in [9.17, 15) is 4.39 Å². The van der Waals surface area contributed by atoms with Gasteiger partial charge in [0, 0.05) is 17.5 Å². The van der Waals surface area contributed by atoms with Crippen LogP contribution in [0.5, 0.6) is 11.5 Å². The van der Waals surface area contributed by atoms with Crippen molar-refractivity contribution < 1.29 is 13.9 Å². The van der Waals surface area contributed by atoms with Crippen molar-refractivity contribution in [1.82, 2.24) is 0 Å². The average molecular weight is 248 g/mol. The number of terminal acetylenes is 1. The van der Waals surface area contributed by atoms with Crippen LogP contribution in [0.1, 0.15) is 25.3 Å². The first-order valence-electron chi connectivity index (χ1n) is 5.93. The monoisotopic (exact) mass is 248 g/mol. The number of halogens is 1. The van der Waals surface area contributed by atoms with Gasteiger partial charge in [0.25, 0.3) is 0 Å². The van der Waals surface area contributed by atoms with E-state index in [1.165, 1.54) is 0 Å². The van der Waals surface area contributed by atoms with Gasteiger partial charge in [-0.2, -0.15) is 0 Å². The molecule has 2 nitrogen and oxygen atoms in total. The summed E-state index contributed by atoms with van der Waals surface area (Å²) in [6.07, 6.45) is 5.57. The molecular formula is C15H17FO2. The molecule has 0 bridgehead atoms. The van der Waals surface area contributed by atoms with Gasteiger partial charge in [0.2, 0.25) is 0 Å². The van der Waals surface area contributed by atoms with E-state index in [-0.39, 0.29) is 11.8 Å². The minimum atomic E-state index is -1.37. The van der Waals surface area contributed by atoms with Crippen LogP contribution < -0.4 is 9.47 Å². The van der Waals surface area contributed by atoms with Crippen molar-refractivity contribution in [3.63, 3.8) is 0 Å². The molecule has 0 saturated heterocycles. The van der Waals surface area contributed by atoms with Crippen LogP contribution >= 0.6 is 0 Å². The number of ether oxygens (including phenoxy) is 2. The Morgan fingerprint density at radius 3 is 2.78 bits per heavy atom. The predicted molar refractivity (Wildman–Crippen MR) is 68.7 cm³/mol. The second-order valence-electron chi connectivity index (χ2n) is 5.03. The molecule has 1 aromatic carbocycles. The van der Waals surface area contributed by atoms with Gasteiger partial charge in [-0.25, -0.2) is 4.39 Å². The van der Waals surface area contributed by atoms with Crippen molar-refractivity contribution in [3.8, 4) is 23.8 Å². The highest BCUT2D eigenvalue weighted by Gasteiger charge is 2.40. The summed E-state index contributed by atoms with van der Waals surface area (Å²) < 4.78 is 24.9. The standard InChI is InChI=1S/C15H17FO2/c1-5-11-12-7-6-10(17-4)8-14(12)18-9-13(11)15(2,3)16/h1,6-8,11,13H,9H2,2-4H3. The molecule has 0 radical (unpaired) electrons. The Kier molecular flexibility index (Phi) is 3.21. The number of hydrogen-bond acceptors (Lipinski definition) is 2. The molecule has 18 heavy (non-hydrogen) atoms. The molecule has 0 aromatic heterocycles. The van der Waals surface area contributed by atoms with Gasteiger partial charge >= 0.3 is 0 Å². The molecular weight excluding hydrogens is 231 g/mol. The highest BCUT2D eigenvalue weighted by molar-refractivity contribution is 5.47. The molecule has 0 saturated carbocycles. The van der Waals surface area contributed by atoms with Crippen molar-refractivity contribution in [2.45, 2.75) is 25.4 Å². The minimum Gasteiger partial charge on any atom is -0.497 e. The average Bonchev–Trinajstić information content (AvgIpc) is 2.35. The number of alkyl halides is 1. The summed E-state index contributed by atoms with van der Waals surface area (Å²) >= 11 is 0. The number of benzene rings is 1. The van der Waals surface area contributed by atoms with Crippen LogP contribution in [0.25, 0.3) is 0 Å². The molecule has 96 valence electrons. The fourth-order valence-corrected chi connectivity index (χ4v) is 2.32. The highest BCUT2D eigenvalue weighted by Crippen LogP contribution is 2.43. The van der Waals surface area contributed by atoms with Gasteiger partial charge in [-0.05, 0) is 19.9 Å². The van der Waals surface area contributed by atoms with E-state index in [0.29, 0.717) is 18.1 Å². The molecule has 0 fully saturated rings. The first-order valence-corrected chi connectivity index (χ1v) is 5.93. The van der Waals surface area contributed by atoms with Crippen molar-refractivity contribution in [3.05, 3.63) is 23.8 Å². The molecule has 2 atom stereocenters. The first-order chi connectivity index (χ1) is 8.47. The predicted octanol–water partition coefficient (Wildman–Crippen LogP) is 3.17. The lowest BCUT2D eigenvalue weighted by Crippen LogP contribution is -2.38. The molecule has 1 aliphatic rings. The van der Waals surface area contributed by atoms with Crippen LogP contribution in [0.2, 0.25) is 0 Å². The highest BCUT2D eigenvalue weighted by atomic mass is 19.1. The second-order valence-corrected chi connectivity index (χ2v) is 5.03. The van der Waals surface area contributed by atoms with Crippen molar-refractivity contribution in [2.75, 3.05) is 13.7 Å². The zero-order valence-electron chi connectivity index (χ0n) is 10.9. The number of rotatable bonds is 2. The summed E-state index contributed by atoms with van der Waals surface area (Å²) in [5.74, 6) is 3.50. The zero-order valence-corrected chi connectivity index (χ0v) is 10.9. The summed E-state index contributed by atoms with van der Waals surface area (Å²) in [6.45, 7) is 3.37. The Morgan fingerprint density at radius 1 is 1.50 bits per heavy atom. The van der Waals surface area contributed by atoms with Crippen LogP contribution in [0.4, 0.5) is 4.39 Å². The van der Waals surface area contributed by atoms with Crippen LogP contribution in [0, 0.1) is 18.3 Å². The summed E-state index contributed by atoms with van der Waals surface area (Å²) in [4.78, 5) is 0. The summed E-state index contributed by atoms with van der Waals surface area (Å²) in [6, 6.07) is 5.47. The molecule has 0 amide bonds. The maximum Gasteiger partial charge on any atom is 0.127 e. The van der Waals surface area contributed by atoms with Gasteiger partial charge in [-0.3, -0.25) is 0 Å². The smallest absolute Gasteiger partial charge is 0.127 e. The Hall–Kier alpha value is -1.69. The lowest BCUT2D eigenvalue weighted by Gasteiger charge is -2.36. The molecule has 1 aromatic rings. The quantitative estimate of drug-likeness (QED) is 0.748. The van der Waals surface area contributed by atoms with Gasteiger partial charge in [0.1, 0.15) is 17.2 Å². The molecule has 2 rings (SSSR count). The van der Waals surface area contributed by atoms with Gasteiger partial charge in [-0.1, -0.05) is 12.0 Å². The van der Waals surface area contributed by atoms with Crippen LogP contribution in [-0.2, 0) is 0 Å². The fourth-order valence-electron chi connectivity index (χ4n) is 2.32. The van der Waals surface area contributed by atoms with Crippen LogP contribution in [0.3, 0.4) is 0 Å². The van der Waals surface area contributed by atoms with Gasteiger partial charge in [-0.15, -0.1) is 6.42 Å². The third kappa shape index (κ3) is 2.15. The second kappa shape index (κ2) is 4.53. The molecule has 0 spiro atoms. The number of hydrogen-bond donors (Lipinski definition) is 0. The Balaban J connectivity index is 2.42. The topological polar surface area (TPSA) is 18.5 Å². The summed E-state index contributed by atoms with van der Waals surface area (Å²) in [7, 11) is 1.59. The van der Waals surface area contributed by atoms with E-state index < -0.39 is 5.67 Å². The molecule has 2 unspecified atom stereocenters. The molecule has 3 heteroatoms. The molecule has 1 heterocycles. The van der Waals surface area contributed by atoms with Crippen molar-refractivity contribution in [2.24, 2.45) is 5.92 Å². The van der Waals surface area contributed by atoms with E-state index in [4.69, 9.17) is 15.9 Å². The third-order valence-electron chi connectivity index (χ3n) is 3.44. The Bertz CT molecular complexity index is 482. The SMILES string of the molecule is C#CC1c2ccc(OC)cc2OCC1C(C)(C)F. The van der Waals surface area contributed by atoms with E-state index in [2.05, 4.69) is 5.92 Å². The summed E-state index contributed by atoms with van der Waals surface area (Å²) in [5, 5.41) is 0. The van der Waals surface area contributed by atoms with E-state index in [1.807, 2.05) is 12.1 Å². The first kappa shape index (κ1) is 12.8. The normalized spacial score (nSPS) is 22.6. The third-order valence-corrected chi connectivity index (χ3v) is 3.44. The van der Waals surface area contributed by atoms with E-state index in [1.54, 1.807) is 27.0 Å². The van der Waals surface area contributed by atoms with Gasteiger partial charge in [0.15, 0.2) is 0 Å². The van der Waals surface area contributed by atoms with Crippen LogP contribution in [-0.4, -0.2) is 19.4 Å². The van der Waals surface area contributed by atoms with Crippen LogP contribution in [0.15, 0.2) is 18.2 Å².